The Morgan fingerprint density at radius 2 is 1.85 bits per heavy atom. The van der Waals surface area contributed by atoms with Crippen molar-refractivity contribution in [2.45, 2.75) is 20.8 Å². The first-order valence-electron chi connectivity index (χ1n) is 4.34. The van der Waals surface area contributed by atoms with Crippen molar-refractivity contribution in [3.8, 4) is 0 Å². The van der Waals surface area contributed by atoms with Gasteiger partial charge in [0.2, 0.25) is 0 Å². The van der Waals surface area contributed by atoms with E-state index in [0.29, 0.717) is 5.56 Å². The average molecular weight is 177 g/mol. The van der Waals surface area contributed by atoms with Crippen molar-refractivity contribution >= 4 is 5.83 Å². The van der Waals surface area contributed by atoms with Gasteiger partial charge in [0, 0.05) is 5.56 Å². The molecule has 1 radical (unpaired) electrons. The largest absolute Gasteiger partial charge is 0.207 e. The van der Waals surface area contributed by atoms with Crippen LogP contribution in [0.1, 0.15) is 26.3 Å². The monoisotopic (exact) mass is 177 g/mol. The van der Waals surface area contributed by atoms with Crippen LogP contribution in [0.2, 0.25) is 0 Å². The summed E-state index contributed by atoms with van der Waals surface area (Å²) in [4.78, 5) is 0. The van der Waals surface area contributed by atoms with Crippen LogP contribution in [0.5, 0.6) is 0 Å². The maximum absolute atomic E-state index is 13.5. The molecule has 0 fully saturated rings. The van der Waals surface area contributed by atoms with Gasteiger partial charge in [-0.05, 0) is 17.6 Å². The Morgan fingerprint density at radius 3 is 2.31 bits per heavy atom. The molecule has 1 aromatic rings. The molecule has 0 saturated carbocycles. The molecule has 1 heteroatoms. The Balaban J connectivity index is 2.92. The summed E-state index contributed by atoms with van der Waals surface area (Å²) < 4.78 is 13.5. The van der Waals surface area contributed by atoms with E-state index in [1.165, 1.54) is 0 Å². The molecule has 69 valence electrons. The highest BCUT2D eigenvalue weighted by Crippen LogP contribution is 2.24. The van der Waals surface area contributed by atoms with E-state index in [-0.39, 0.29) is 11.2 Å². The molecule has 0 saturated heterocycles. The second-order valence-corrected chi connectivity index (χ2v) is 4.15. The molecule has 1 aromatic carbocycles. The Labute approximate surface area is 79.1 Å². The molecule has 0 N–H and O–H groups in total. The Hall–Kier alpha value is -1.11. The third kappa shape index (κ3) is 3.41. The minimum atomic E-state index is -0.165. The average Bonchev–Trinajstić information content (AvgIpc) is 2.03. The van der Waals surface area contributed by atoms with Crippen molar-refractivity contribution in [3.05, 3.63) is 42.0 Å². The SMILES string of the molecule is CC(C)(C)/C=C(\F)c1cc[c]cc1. The van der Waals surface area contributed by atoms with E-state index in [1.807, 2.05) is 20.8 Å². The van der Waals surface area contributed by atoms with Gasteiger partial charge >= 0.3 is 0 Å². The fourth-order valence-corrected chi connectivity index (χ4v) is 1.01. The molecular formula is C12H14F. The van der Waals surface area contributed by atoms with Gasteiger partial charge in [0.25, 0.3) is 0 Å². The summed E-state index contributed by atoms with van der Waals surface area (Å²) in [5.41, 5.74) is 0.498. The molecule has 0 aliphatic carbocycles. The zero-order valence-electron chi connectivity index (χ0n) is 8.26. The van der Waals surface area contributed by atoms with E-state index in [1.54, 1.807) is 30.3 Å². The van der Waals surface area contributed by atoms with E-state index >= 15 is 0 Å². The van der Waals surface area contributed by atoms with E-state index in [9.17, 15) is 4.39 Å². The lowest BCUT2D eigenvalue weighted by Gasteiger charge is -2.12. The van der Waals surface area contributed by atoms with Crippen LogP contribution in [0.3, 0.4) is 0 Å². The Morgan fingerprint density at radius 1 is 1.31 bits per heavy atom. The first kappa shape index (κ1) is 9.97. The van der Waals surface area contributed by atoms with Crippen molar-refractivity contribution in [1.29, 1.82) is 0 Å². The number of allylic oxidation sites excluding steroid dienone is 1. The third-order valence-corrected chi connectivity index (χ3v) is 1.55. The standard InChI is InChI=1S/C12H14F/c1-12(2,3)9-11(13)10-7-5-4-6-8-10/h5-9H,1-3H3/b11-9-. The van der Waals surface area contributed by atoms with Crippen molar-refractivity contribution in [2.75, 3.05) is 0 Å². The topological polar surface area (TPSA) is 0 Å². The smallest absolute Gasteiger partial charge is 0.126 e. The summed E-state index contributed by atoms with van der Waals surface area (Å²) in [5.74, 6) is -0.165. The first-order valence-corrected chi connectivity index (χ1v) is 4.34. The molecule has 0 heterocycles. The quantitative estimate of drug-likeness (QED) is 0.611. The molecule has 0 aromatic heterocycles. The van der Waals surface area contributed by atoms with Gasteiger partial charge < -0.3 is 0 Å². The van der Waals surface area contributed by atoms with E-state index in [0.717, 1.165) is 0 Å². The van der Waals surface area contributed by atoms with Crippen molar-refractivity contribution in [1.82, 2.24) is 0 Å². The second kappa shape index (κ2) is 3.73. The highest BCUT2D eigenvalue weighted by atomic mass is 19.1. The summed E-state index contributed by atoms with van der Waals surface area (Å²) >= 11 is 0. The molecule has 0 bridgehead atoms. The molecule has 0 unspecified atom stereocenters. The summed E-state index contributed by atoms with van der Waals surface area (Å²) in [5, 5.41) is 0. The molecule has 0 aliphatic heterocycles. The highest BCUT2D eigenvalue weighted by molar-refractivity contribution is 5.59. The molecule has 1 rings (SSSR count). The Kier molecular flexibility index (Phi) is 2.86. The molecule has 0 atom stereocenters. The van der Waals surface area contributed by atoms with Gasteiger partial charge in [-0.25, -0.2) is 4.39 Å². The molecule has 13 heavy (non-hydrogen) atoms. The second-order valence-electron chi connectivity index (χ2n) is 4.15. The molecule has 0 aliphatic rings. The van der Waals surface area contributed by atoms with Crippen LogP contribution >= 0.6 is 0 Å². The summed E-state index contributed by atoms with van der Waals surface area (Å²) in [7, 11) is 0. The van der Waals surface area contributed by atoms with Crippen LogP contribution in [0.4, 0.5) is 4.39 Å². The van der Waals surface area contributed by atoms with E-state index in [4.69, 9.17) is 0 Å². The fraction of sp³-hybridized carbons (Fsp3) is 0.333. The normalized spacial score (nSPS) is 13.1. The van der Waals surface area contributed by atoms with Crippen LogP contribution in [0.25, 0.3) is 5.83 Å². The summed E-state index contributed by atoms with van der Waals surface area (Å²) in [6, 6.07) is 9.72. The van der Waals surface area contributed by atoms with Crippen LogP contribution in [-0.2, 0) is 0 Å². The summed E-state index contributed by atoms with van der Waals surface area (Å²) in [6.07, 6.45) is 1.63. The Bertz CT molecular complexity index is 291. The summed E-state index contributed by atoms with van der Waals surface area (Å²) in [6.45, 7) is 5.92. The number of hydrogen-bond acceptors (Lipinski definition) is 0. The molecule has 0 nitrogen and oxygen atoms in total. The minimum Gasteiger partial charge on any atom is -0.207 e. The lowest BCUT2D eigenvalue weighted by Crippen LogP contribution is -1.99. The van der Waals surface area contributed by atoms with Gasteiger partial charge in [0.05, 0.1) is 0 Å². The van der Waals surface area contributed by atoms with Gasteiger partial charge in [0.15, 0.2) is 0 Å². The molecule has 0 spiro atoms. The minimum absolute atomic E-state index is 0.121. The predicted molar refractivity (Wildman–Crippen MR) is 53.8 cm³/mol. The van der Waals surface area contributed by atoms with Gasteiger partial charge in [-0.2, -0.15) is 0 Å². The number of hydrogen-bond donors (Lipinski definition) is 0. The van der Waals surface area contributed by atoms with Gasteiger partial charge in [-0.1, -0.05) is 45.0 Å². The number of halogens is 1. The van der Waals surface area contributed by atoms with Gasteiger partial charge in [-0.15, -0.1) is 0 Å². The number of benzene rings is 1. The predicted octanol–water partition coefficient (Wildman–Crippen LogP) is 3.84. The van der Waals surface area contributed by atoms with Crippen LogP contribution in [0.15, 0.2) is 30.3 Å². The van der Waals surface area contributed by atoms with Gasteiger partial charge in [0.1, 0.15) is 5.83 Å². The van der Waals surface area contributed by atoms with E-state index < -0.39 is 0 Å². The van der Waals surface area contributed by atoms with Gasteiger partial charge in [-0.3, -0.25) is 0 Å². The zero-order chi connectivity index (χ0) is 9.90. The fourth-order valence-electron chi connectivity index (χ4n) is 1.01. The lowest BCUT2D eigenvalue weighted by atomic mass is 9.95. The third-order valence-electron chi connectivity index (χ3n) is 1.55. The first-order chi connectivity index (χ1) is 5.99. The van der Waals surface area contributed by atoms with Crippen molar-refractivity contribution in [3.63, 3.8) is 0 Å². The zero-order valence-corrected chi connectivity index (χ0v) is 8.26. The maximum atomic E-state index is 13.5. The highest BCUT2D eigenvalue weighted by Gasteiger charge is 2.09. The van der Waals surface area contributed by atoms with Crippen LogP contribution in [0, 0.1) is 11.5 Å². The molecule has 0 amide bonds. The van der Waals surface area contributed by atoms with Crippen LogP contribution < -0.4 is 0 Å². The maximum Gasteiger partial charge on any atom is 0.126 e. The lowest BCUT2D eigenvalue weighted by molar-refractivity contribution is 0.536. The van der Waals surface area contributed by atoms with Crippen molar-refractivity contribution in [2.24, 2.45) is 5.41 Å². The number of rotatable bonds is 1. The van der Waals surface area contributed by atoms with Crippen molar-refractivity contribution < 1.29 is 4.39 Å². The van der Waals surface area contributed by atoms with E-state index in [2.05, 4.69) is 6.07 Å². The van der Waals surface area contributed by atoms with Crippen LogP contribution in [-0.4, -0.2) is 0 Å². The molecular weight excluding hydrogens is 163 g/mol.